The van der Waals surface area contributed by atoms with E-state index in [0.29, 0.717) is 19.3 Å². The Morgan fingerprint density at radius 3 is 0.658 bits per heavy atom. The van der Waals surface area contributed by atoms with E-state index in [1.54, 1.807) is 0 Å². The van der Waals surface area contributed by atoms with Crippen molar-refractivity contribution in [2.24, 2.45) is 0 Å². The summed E-state index contributed by atoms with van der Waals surface area (Å²) in [5.41, 5.74) is 0. The van der Waals surface area contributed by atoms with Crippen LogP contribution in [0, 0.1) is 0 Å². The Kier molecular flexibility index (Phi) is 64.1. The summed E-state index contributed by atoms with van der Waals surface area (Å²) in [5.74, 6) is -0.835. The maximum Gasteiger partial charge on any atom is 0.306 e. The van der Waals surface area contributed by atoms with E-state index in [9.17, 15) is 14.4 Å². The molecule has 0 aliphatic heterocycles. The van der Waals surface area contributed by atoms with Crippen molar-refractivity contribution >= 4 is 17.9 Å². The fourth-order valence-electron chi connectivity index (χ4n) is 10.8. The summed E-state index contributed by atoms with van der Waals surface area (Å²) in [6, 6.07) is 0. The molecule has 0 spiro atoms. The van der Waals surface area contributed by atoms with Gasteiger partial charge in [0.15, 0.2) is 6.10 Å². The zero-order chi connectivity index (χ0) is 55.0. The number of hydrogen-bond donors (Lipinski definition) is 0. The summed E-state index contributed by atoms with van der Waals surface area (Å²) in [6.45, 7) is 6.69. The molecule has 76 heavy (non-hydrogen) atoms. The van der Waals surface area contributed by atoms with Crippen molar-refractivity contribution in [1.29, 1.82) is 0 Å². The summed E-state index contributed by atoms with van der Waals surface area (Å²) in [5, 5.41) is 0. The molecule has 0 aliphatic rings. The van der Waals surface area contributed by atoms with Gasteiger partial charge in [-0.15, -0.1) is 0 Å². The van der Waals surface area contributed by atoms with Crippen LogP contribution in [-0.4, -0.2) is 37.2 Å². The lowest BCUT2D eigenvalue weighted by Crippen LogP contribution is -2.30. The van der Waals surface area contributed by atoms with Gasteiger partial charge in [-0.3, -0.25) is 14.4 Å². The van der Waals surface area contributed by atoms with Crippen molar-refractivity contribution in [1.82, 2.24) is 0 Å². The Morgan fingerprint density at radius 1 is 0.250 bits per heavy atom. The van der Waals surface area contributed by atoms with Gasteiger partial charge in [-0.2, -0.15) is 0 Å². The van der Waals surface area contributed by atoms with Crippen molar-refractivity contribution in [3.8, 4) is 0 Å². The van der Waals surface area contributed by atoms with E-state index in [1.807, 2.05) is 0 Å². The van der Waals surface area contributed by atoms with E-state index in [1.165, 1.54) is 302 Å². The largest absolute Gasteiger partial charge is 0.462 e. The molecule has 0 amide bonds. The molecule has 0 N–H and O–H groups in total. The van der Waals surface area contributed by atoms with Crippen LogP contribution in [0.2, 0.25) is 0 Å². The lowest BCUT2D eigenvalue weighted by Gasteiger charge is -2.18. The van der Waals surface area contributed by atoms with Gasteiger partial charge in [0, 0.05) is 19.3 Å². The standard InChI is InChI=1S/C70H134O6/c1-4-7-10-13-16-19-21-23-25-27-29-31-32-33-34-35-36-37-38-40-41-43-45-47-49-51-54-57-60-63-69(72)75-66-67(65-74-68(71)62-59-56-53-18-15-12-9-6-3)76-70(73)64-61-58-55-52-50-48-46-44-42-39-30-28-26-24-22-20-17-14-11-8-5-2/h27,29,67H,4-26,28,30-66H2,1-3H3/b29-27-. The highest BCUT2D eigenvalue weighted by molar-refractivity contribution is 5.71. The molecule has 1 unspecified atom stereocenters. The van der Waals surface area contributed by atoms with Crippen LogP contribution in [0.4, 0.5) is 0 Å². The average molecular weight is 1070 g/mol. The summed E-state index contributed by atoms with van der Waals surface area (Å²) in [4.78, 5) is 38.2. The maximum absolute atomic E-state index is 12.9. The van der Waals surface area contributed by atoms with Crippen LogP contribution in [0.1, 0.15) is 400 Å². The lowest BCUT2D eigenvalue weighted by molar-refractivity contribution is -0.167. The fourth-order valence-corrected chi connectivity index (χ4v) is 10.8. The molecule has 0 heterocycles. The van der Waals surface area contributed by atoms with Crippen molar-refractivity contribution < 1.29 is 28.6 Å². The predicted molar refractivity (Wildman–Crippen MR) is 330 cm³/mol. The summed E-state index contributed by atoms with van der Waals surface area (Å²) < 4.78 is 16.9. The molecular formula is C70H134O6. The highest BCUT2D eigenvalue weighted by Crippen LogP contribution is 2.19. The molecule has 1 atom stereocenters. The van der Waals surface area contributed by atoms with Crippen LogP contribution in [0.15, 0.2) is 12.2 Å². The maximum atomic E-state index is 12.9. The fraction of sp³-hybridized carbons (Fsp3) is 0.929. The van der Waals surface area contributed by atoms with Gasteiger partial charge in [0.05, 0.1) is 0 Å². The highest BCUT2D eigenvalue weighted by atomic mass is 16.6. The minimum absolute atomic E-state index is 0.0628. The molecule has 0 aromatic carbocycles. The quantitative estimate of drug-likeness (QED) is 0.0261. The monoisotopic (exact) mass is 1070 g/mol. The SMILES string of the molecule is CCCCCCCCCC/C=C\CCCCCCCCCCCCCCCCCCCC(=O)OCC(COC(=O)CCCCCCCCCC)OC(=O)CCCCCCCCCCCCCCCCCCCCCCC. The summed E-state index contributed by atoms with van der Waals surface area (Å²) in [6.07, 6.45) is 78.4. The number of carbonyl (C=O) groups excluding carboxylic acids is 3. The van der Waals surface area contributed by atoms with Gasteiger partial charge < -0.3 is 14.2 Å². The molecule has 0 aromatic rings. The second-order valence-electron chi connectivity index (χ2n) is 23.8. The van der Waals surface area contributed by atoms with Gasteiger partial charge >= 0.3 is 17.9 Å². The molecule has 0 aliphatic carbocycles. The topological polar surface area (TPSA) is 78.9 Å². The van der Waals surface area contributed by atoms with Crippen LogP contribution in [0.25, 0.3) is 0 Å². The number of rotatable bonds is 65. The van der Waals surface area contributed by atoms with Crippen LogP contribution < -0.4 is 0 Å². The third-order valence-electron chi connectivity index (χ3n) is 16.0. The van der Waals surface area contributed by atoms with E-state index in [4.69, 9.17) is 14.2 Å². The number of carbonyl (C=O) groups is 3. The Bertz CT molecular complexity index is 1180. The third kappa shape index (κ3) is 63.0. The number of unbranched alkanes of at least 4 members (excludes halogenated alkanes) is 52. The van der Waals surface area contributed by atoms with Gasteiger partial charge in [0.2, 0.25) is 0 Å². The third-order valence-corrected chi connectivity index (χ3v) is 16.0. The minimum atomic E-state index is -0.763. The molecule has 0 saturated carbocycles. The summed E-state index contributed by atoms with van der Waals surface area (Å²) >= 11 is 0. The molecular weight excluding hydrogens is 937 g/mol. The molecule has 0 bridgehead atoms. The Hall–Kier alpha value is -1.85. The van der Waals surface area contributed by atoms with E-state index >= 15 is 0 Å². The lowest BCUT2D eigenvalue weighted by atomic mass is 10.0. The summed E-state index contributed by atoms with van der Waals surface area (Å²) in [7, 11) is 0. The molecule has 6 nitrogen and oxygen atoms in total. The second kappa shape index (κ2) is 65.7. The predicted octanol–water partition coefficient (Wildman–Crippen LogP) is 23.6. The Balaban J connectivity index is 4.03. The normalized spacial score (nSPS) is 12.0. The zero-order valence-electron chi connectivity index (χ0n) is 51.8. The first-order valence-electron chi connectivity index (χ1n) is 34.7. The number of hydrogen-bond acceptors (Lipinski definition) is 6. The average Bonchev–Trinajstić information content (AvgIpc) is 3.42. The van der Waals surface area contributed by atoms with Crippen LogP contribution in [0.5, 0.6) is 0 Å². The first-order chi connectivity index (χ1) is 37.5. The molecule has 0 saturated heterocycles. The van der Waals surface area contributed by atoms with E-state index < -0.39 is 6.10 Å². The highest BCUT2D eigenvalue weighted by Gasteiger charge is 2.19. The van der Waals surface area contributed by atoms with Crippen molar-refractivity contribution in [2.75, 3.05) is 13.2 Å². The molecule has 450 valence electrons. The Labute approximate surface area is 475 Å². The van der Waals surface area contributed by atoms with Crippen LogP contribution in [0.3, 0.4) is 0 Å². The molecule has 6 heteroatoms. The number of esters is 3. The van der Waals surface area contributed by atoms with Gasteiger partial charge in [-0.25, -0.2) is 0 Å². The first-order valence-corrected chi connectivity index (χ1v) is 34.7. The van der Waals surface area contributed by atoms with Gasteiger partial charge in [0.1, 0.15) is 13.2 Å². The van der Waals surface area contributed by atoms with Gasteiger partial charge in [-0.1, -0.05) is 348 Å². The van der Waals surface area contributed by atoms with E-state index in [2.05, 4.69) is 32.9 Å². The molecule has 0 radical (unpaired) electrons. The number of allylic oxidation sites excluding steroid dienone is 2. The molecule has 0 rings (SSSR count). The Morgan fingerprint density at radius 2 is 0.434 bits per heavy atom. The molecule has 0 fully saturated rings. The molecule has 0 aromatic heterocycles. The zero-order valence-corrected chi connectivity index (χ0v) is 51.8. The minimum Gasteiger partial charge on any atom is -0.462 e. The van der Waals surface area contributed by atoms with Crippen molar-refractivity contribution in [3.63, 3.8) is 0 Å². The van der Waals surface area contributed by atoms with E-state index in [-0.39, 0.29) is 31.1 Å². The van der Waals surface area contributed by atoms with Gasteiger partial charge in [0.25, 0.3) is 0 Å². The van der Waals surface area contributed by atoms with Crippen molar-refractivity contribution in [3.05, 3.63) is 12.2 Å². The van der Waals surface area contributed by atoms with Gasteiger partial charge in [-0.05, 0) is 44.9 Å². The van der Waals surface area contributed by atoms with E-state index in [0.717, 1.165) is 57.8 Å². The smallest absolute Gasteiger partial charge is 0.306 e. The van der Waals surface area contributed by atoms with Crippen molar-refractivity contribution in [2.45, 2.75) is 406 Å². The second-order valence-corrected chi connectivity index (χ2v) is 23.8. The first kappa shape index (κ1) is 74.2. The van der Waals surface area contributed by atoms with Crippen LogP contribution >= 0.6 is 0 Å². The van der Waals surface area contributed by atoms with Crippen LogP contribution in [-0.2, 0) is 28.6 Å². The number of ether oxygens (including phenoxy) is 3.